The molecule has 1 N–H and O–H groups in total. The second-order valence-corrected chi connectivity index (χ2v) is 4.17. The molecule has 0 aliphatic heterocycles. The van der Waals surface area contributed by atoms with Crippen LogP contribution in [0.25, 0.3) is 0 Å². The number of nitrogens with one attached hydrogen (secondary N) is 1. The first-order valence-corrected chi connectivity index (χ1v) is 5.87. The summed E-state index contributed by atoms with van der Waals surface area (Å²) in [4.78, 5) is 30.3. The highest BCUT2D eigenvalue weighted by Gasteiger charge is 2.09. The molecule has 0 aliphatic rings. The monoisotopic (exact) mass is 275 g/mol. The van der Waals surface area contributed by atoms with E-state index < -0.39 is 4.92 Å². The first kappa shape index (κ1) is 13.7. The summed E-state index contributed by atoms with van der Waals surface area (Å²) in [5.74, 6) is 1.04. The van der Waals surface area contributed by atoms with Crippen molar-refractivity contribution in [3.63, 3.8) is 0 Å². The van der Waals surface area contributed by atoms with E-state index in [9.17, 15) is 14.9 Å². The van der Waals surface area contributed by atoms with Gasteiger partial charge in [0, 0.05) is 30.9 Å². The summed E-state index contributed by atoms with van der Waals surface area (Å²) in [5.41, 5.74) is 0.260. The lowest BCUT2D eigenvalue weighted by Gasteiger charge is -2.07. The molecule has 0 fully saturated rings. The van der Waals surface area contributed by atoms with Crippen LogP contribution in [-0.4, -0.2) is 26.5 Å². The van der Waals surface area contributed by atoms with Gasteiger partial charge in [-0.2, -0.15) is 0 Å². The Morgan fingerprint density at radius 1 is 1.40 bits per heavy atom. The molecule has 0 atom stereocenters. The molecule has 0 aliphatic carbocycles. The molecule has 0 bridgehead atoms. The predicted molar refractivity (Wildman–Crippen MR) is 72.8 cm³/mol. The maximum absolute atomic E-state index is 11.7. The Kier molecular flexibility index (Phi) is 3.74. The second-order valence-electron chi connectivity index (χ2n) is 4.17. The molecule has 2 heterocycles. The van der Waals surface area contributed by atoms with E-state index in [0.29, 0.717) is 11.6 Å². The van der Waals surface area contributed by atoms with Gasteiger partial charge in [-0.05, 0) is 6.92 Å². The minimum atomic E-state index is -0.550. The smallest absolute Gasteiger partial charge is 0.285 e. The van der Waals surface area contributed by atoms with Gasteiger partial charge in [0.25, 0.3) is 11.2 Å². The largest absolute Gasteiger partial charge is 0.373 e. The van der Waals surface area contributed by atoms with E-state index in [2.05, 4.69) is 15.3 Å². The van der Waals surface area contributed by atoms with Crippen LogP contribution in [0.3, 0.4) is 0 Å². The number of anilines is 1. The van der Waals surface area contributed by atoms with Gasteiger partial charge in [0.2, 0.25) is 0 Å². The third-order valence-corrected chi connectivity index (χ3v) is 2.65. The number of aryl methyl sites for hydroxylation is 1. The van der Waals surface area contributed by atoms with E-state index in [1.54, 1.807) is 13.1 Å². The van der Waals surface area contributed by atoms with Gasteiger partial charge in [-0.15, -0.1) is 0 Å². The van der Waals surface area contributed by atoms with Gasteiger partial charge >= 0.3 is 0 Å². The Morgan fingerprint density at radius 3 is 2.80 bits per heavy atom. The fourth-order valence-corrected chi connectivity index (χ4v) is 1.73. The summed E-state index contributed by atoms with van der Waals surface area (Å²) in [7, 11) is 1.73. The standard InChI is InChI=1S/C12H13N5O3/c1-8-5-10(13-2)15-11(14-8)7-16-6-9(17(19)20)3-4-12(16)18/h3-6H,7H2,1-2H3,(H,13,14,15). The maximum atomic E-state index is 11.7. The first-order valence-electron chi connectivity index (χ1n) is 5.87. The van der Waals surface area contributed by atoms with Crippen LogP contribution in [0, 0.1) is 17.0 Å². The summed E-state index contributed by atoms with van der Waals surface area (Å²) in [6.07, 6.45) is 1.19. The highest BCUT2D eigenvalue weighted by Crippen LogP contribution is 2.09. The summed E-state index contributed by atoms with van der Waals surface area (Å²) in [6, 6.07) is 4.10. The van der Waals surface area contributed by atoms with Crippen LogP contribution in [0.4, 0.5) is 11.5 Å². The molecule has 104 valence electrons. The van der Waals surface area contributed by atoms with E-state index in [4.69, 9.17) is 0 Å². The zero-order valence-electron chi connectivity index (χ0n) is 11.0. The average Bonchev–Trinajstić information content (AvgIpc) is 2.40. The number of nitrogens with zero attached hydrogens (tertiary/aromatic N) is 4. The average molecular weight is 275 g/mol. The Morgan fingerprint density at radius 2 is 2.15 bits per heavy atom. The molecular weight excluding hydrogens is 262 g/mol. The van der Waals surface area contributed by atoms with Crippen LogP contribution in [-0.2, 0) is 6.54 Å². The van der Waals surface area contributed by atoms with E-state index in [1.165, 1.54) is 16.8 Å². The molecule has 20 heavy (non-hydrogen) atoms. The SMILES string of the molecule is CNc1cc(C)nc(Cn2cc([N+](=O)[O-])ccc2=O)n1. The van der Waals surface area contributed by atoms with Crippen LogP contribution in [0.5, 0.6) is 0 Å². The Hall–Kier alpha value is -2.77. The predicted octanol–water partition coefficient (Wildman–Crippen LogP) is 0.945. The lowest BCUT2D eigenvalue weighted by molar-refractivity contribution is -0.385. The molecular formula is C12H13N5O3. The number of nitro groups is 1. The van der Waals surface area contributed by atoms with Crippen LogP contribution in [0.2, 0.25) is 0 Å². The number of hydrogen-bond acceptors (Lipinski definition) is 6. The third kappa shape index (κ3) is 2.97. The molecule has 0 spiro atoms. The molecule has 0 amide bonds. The van der Waals surface area contributed by atoms with Crippen molar-refractivity contribution in [2.45, 2.75) is 13.5 Å². The molecule has 2 aromatic rings. The highest BCUT2D eigenvalue weighted by atomic mass is 16.6. The van der Waals surface area contributed by atoms with E-state index >= 15 is 0 Å². The maximum Gasteiger partial charge on any atom is 0.285 e. The van der Waals surface area contributed by atoms with E-state index in [-0.39, 0.29) is 17.8 Å². The van der Waals surface area contributed by atoms with Crippen molar-refractivity contribution in [1.82, 2.24) is 14.5 Å². The van der Waals surface area contributed by atoms with Crippen molar-refractivity contribution in [1.29, 1.82) is 0 Å². The van der Waals surface area contributed by atoms with Gasteiger partial charge in [0.05, 0.1) is 17.7 Å². The second kappa shape index (κ2) is 5.47. The minimum Gasteiger partial charge on any atom is -0.373 e. The Labute approximate surface area is 114 Å². The zero-order chi connectivity index (χ0) is 14.7. The molecule has 0 unspecified atom stereocenters. The molecule has 2 aromatic heterocycles. The van der Waals surface area contributed by atoms with Gasteiger partial charge < -0.3 is 9.88 Å². The Bertz CT molecular complexity index is 710. The lowest BCUT2D eigenvalue weighted by atomic mass is 10.4. The molecule has 8 nitrogen and oxygen atoms in total. The molecule has 0 saturated heterocycles. The van der Waals surface area contributed by atoms with Crippen LogP contribution < -0.4 is 10.9 Å². The molecule has 0 radical (unpaired) electrons. The van der Waals surface area contributed by atoms with E-state index in [0.717, 1.165) is 11.8 Å². The minimum absolute atomic E-state index is 0.0802. The molecule has 0 saturated carbocycles. The van der Waals surface area contributed by atoms with Crippen LogP contribution >= 0.6 is 0 Å². The Balaban J connectivity index is 2.39. The van der Waals surface area contributed by atoms with Crippen molar-refractivity contribution < 1.29 is 4.92 Å². The van der Waals surface area contributed by atoms with Gasteiger partial charge in [-0.25, -0.2) is 9.97 Å². The van der Waals surface area contributed by atoms with Crippen LogP contribution in [0.1, 0.15) is 11.5 Å². The van der Waals surface area contributed by atoms with Crippen molar-refractivity contribution >= 4 is 11.5 Å². The fraction of sp³-hybridized carbons (Fsp3) is 0.250. The lowest BCUT2D eigenvalue weighted by Crippen LogP contribution is -2.21. The first-order chi connectivity index (χ1) is 9.49. The summed E-state index contributed by atoms with van der Waals surface area (Å²) in [5, 5.41) is 13.6. The zero-order valence-corrected chi connectivity index (χ0v) is 11.0. The van der Waals surface area contributed by atoms with Gasteiger partial charge in [-0.3, -0.25) is 14.9 Å². The van der Waals surface area contributed by atoms with Gasteiger partial charge in [0.1, 0.15) is 5.82 Å². The summed E-state index contributed by atoms with van der Waals surface area (Å²) < 4.78 is 1.21. The summed E-state index contributed by atoms with van der Waals surface area (Å²) >= 11 is 0. The fourth-order valence-electron chi connectivity index (χ4n) is 1.73. The normalized spacial score (nSPS) is 10.3. The van der Waals surface area contributed by atoms with Crippen molar-refractivity contribution in [3.8, 4) is 0 Å². The van der Waals surface area contributed by atoms with Crippen molar-refractivity contribution in [3.05, 3.63) is 56.4 Å². The quantitative estimate of drug-likeness (QED) is 0.658. The highest BCUT2D eigenvalue weighted by molar-refractivity contribution is 5.34. The van der Waals surface area contributed by atoms with E-state index in [1.807, 2.05) is 6.92 Å². The third-order valence-electron chi connectivity index (χ3n) is 2.65. The summed E-state index contributed by atoms with van der Waals surface area (Å²) in [6.45, 7) is 1.89. The van der Waals surface area contributed by atoms with Crippen LogP contribution in [0.15, 0.2) is 29.2 Å². The van der Waals surface area contributed by atoms with Gasteiger partial charge in [0.15, 0.2) is 5.82 Å². The topological polar surface area (TPSA) is 103 Å². The number of aromatic nitrogens is 3. The number of pyridine rings is 1. The van der Waals surface area contributed by atoms with Crippen molar-refractivity contribution in [2.24, 2.45) is 0 Å². The van der Waals surface area contributed by atoms with Crippen molar-refractivity contribution in [2.75, 3.05) is 12.4 Å². The molecule has 8 heteroatoms. The molecule has 2 rings (SSSR count). The molecule has 0 aromatic carbocycles. The van der Waals surface area contributed by atoms with Gasteiger partial charge in [-0.1, -0.05) is 0 Å². The number of rotatable bonds is 4. The number of hydrogen-bond donors (Lipinski definition) is 1.